The van der Waals surface area contributed by atoms with Crippen LogP contribution in [0, 0.1) is 0 Å². The molecular formula is C10H17N5O2. The highest BCUT2D eigenvalue weighted by Crippen LogP contribution is 2.13. The number of likely N-dealkylation sites (N-methyl/N-ethyl adjacent to an activating group) is 1. The molecule has 0 spiro atoms. The Morgan fingerprint density at radius 1 is 1.65 bits per heavy atom. The van der Waals surface area contributed by atoms with E-state index in [0.29, 0.717) is 31.1 Å². The maximum Gasteiger partial charge on any atom is 0.173 e. The van der Waals surface area contributed by atoms with Crippen LogP contribution < -0.4 is 10.6 Å². The molecule has 0 saturated heterocycles. The van der Waals surface area contributed by atoms with Gasteiger partial charge in [0.05, 0.1) is 18.4 Å². The van der Waals surface area contributed by atoms with E-state index in [4.69, 9.17) is 15.7 Å². The highest BCUT2D eigenvalue weighted by atomic mass is 16.5. The summed E-state index contributed by atoms with van der Waals surface area (Å²) < 4.78 is 5.25. The molecule has 0 aromatic carbocycles. The van der Waals surface area contributed by atoms with E-state index in [1.165, 1.54) is 6.20 Å². The maximum atomic E-state index is 8.68. The lowest BCUT2D eigenvalue weighted by Crippen LogP contribution is -2.27. The van der Waals surface area contributed by atoms with Crippen LogP contribution in [-0.4, -0.2) is 48.0 Å². The molecule has 7 heteroatoms. The molecule has 0 atom stereocenters. The van der Waals surface area contributed by atoms with Gasteiger partial charge >= 0.3 is 0 Å². The van der Waals surface area contributed by atoms with Crippen LogP contribution in [0.2, 0.25) is 0 Å². The zero-order chi connectivity index (χ0) is 12.7. The van der Waals surface area contributed by atoms with E-state index in [-0.39, 0.29) is 5.84 Å². The largest absolute Gasteiger partial charge is 0.409 e. The van der Waals surface area contributed by atoms with Crippen molar-refractivity contribution >= 4 is 11.7 Å². The molecule has 1 aromatic rings. The number of oxime groups is 1. The maximum absolute atomic E-state index is 8.68. The number of amidine groups is 1. The van der Waals surface area contributed by atoms with Gasteiger partial charge in [-0.15, -0.1) is 5.10 Å². The van der Waals surface area contributed by atoms with Crippen LogP contribution in [0.3, 0.4) is 0 Å². The van der Waals surface area contributed by atoms with Gasteiger partial charge in [0, 0.05) is 20.2 Å². The van der Waals surface area contributed by atoms with Gasteiger partial charge in [0.15, 0.2) is 11.7 Å². The van der Waals surface area contributed by atoms with Gasteiger partial charge in [-0.2, -0.15) is 5.10 Å². The number of rotatable bonds is 6. The Morgan fingerprint density at radius 2 is 2.41 bits per heavy atom. The molecule has 7 nitrogen and oxygen atoms in total. The molecule has 3 N–H and O–H groups in total. The summed E-state index contributed by atoms with van der Waals surface area (Å²) in [5.41, 5.74) is 6.11. The van der Waals surface area contributed by atoms with Gasteiger partial charge in [0.1, 0.15) is 0 Å². The van der Waals surface area contributed by atoms with Crippen molar-refractivity contribution in [1.29, 1.82) is 0 Å². The van der Waals surface area contributed by atoms with E-state index >= 15 is 0 Å². The minimum Gasteiger partial charge on any atom is -0.409 e. The summed E-state index contributed by atoms with van der Waals surface area (Å²) >= 11 is 0. The van der Waals surface area contributed by atoms with E-state index in [1.54, 1.807) is 6.07 Å². The van der Waals surface area contributed by atoms with Crippen LogP contribution in [0.15, 0.2) is 17.4 Å². The summed E-state index contributed by atoms with van der Waals surface area (Å²) in [7, 11) is 1.84. The van der Waals surface area contributed by atoms with Gasteiger partial charge in [-0.05, 0) is 13.0 Å². The molecule has 0 saturated carbocycles. The van der Waals surface area contributed by atoms with E-state index in [0.717, 1.165) is 0 Å². The molecule has 0 bridgehead atoms. The van der Waals surface area contributed by atoms with Crippen molar-refractivity contribution < 1.29 is 9.94 Å². The highest BCUT2D eigenvalue weighted by molar-refractivity contribution is 6.01. The van der Waals surface area contributed by atoms with Crippen molar-refractivity contribution in [2.24, 2.45) is 10.9 Å². The van der Waals surface area contributed by atoms with Crippen molar-refractivity contribution in [2.75, 3.05) is 31.7 Å². The first-order chi connectivity index (χ1) is 8.20. The minimum absolute atomic E-state index is 0.0122. The Balaban J connectivity index is 2.82. The summed E-state index contributed by atoms with van der Waals surface area (Å²) in [5, 5.41) is 19.4. The number of hydrogen-bond donors (Lipinski definition) is 2. The Bertz CT molecular complexity index is 383. The van der Waals surface area contributed by atoms with Crippen molar-refractivity contribution in [2.45, 2.75) is 6.92 Å². The summed E-state index contributed by atoms with van der Waals surface area (Å²) in [5.74, 6) is 0.570. The summed E-state index contributed by atoms with van der Waals surface area (Å²) in [6.45, 7) is 3.84. The smallest absolute Gasteiger partial charge is 0.173 e. The number of anilines is 1. The lowest BCUT2D eigenvalue weighted by Gasteiger charge is -2.19. The molecule has 0 aliphatic carbocycles. The number of hydrogen-bond acceptors (Lipinski definition) is 6. The van der Waals surface area contributed by atoms with Crippen LogP contribution in [0.25, 0.3) is 0 Å². The fourth-order valence-corrected chi connectivity index (χ4v) is 1.31. The third-order valence-corrected chi connectivity index (χ3v) is 2.22. The molecule has 17 heavy (non-hydrogen) atoms. The first-order valence-electron chi connectivity index (χ1n) is 5.29. The van der Waals surface area contributed by atoms with E-state index in [2.05, 4.69) is 15.4 Å². The fraction of sp³-hybridized carbons (Fsp3) is 0.500. The van der Waals surface area contributed by atoms with Gasteiger partial charge in [0.2, 0.25) is 0 Å². The minimum atomic E-state index is 0.0122. The van der Waals surface area contributed by atoms with Gasteiger partial charge in [-0.3, -0.25) is 0 Å². The third kappa shape index (κ3) is 3.56. The average molecular weight is 239 g/mol. The quantitative estimate of drug-likeness (QED) is 0.239. The van der Waals surface area contributed by atoms with Crippen LogP contribution in [-0.2, 0) is 4.74 Å². The Morgan fingerprint density at radius 3 is 3.06 bits per heavy atom. The molecule has 94 valence electrons. The lowest BCUT2D eigenvalue weighted by molar-refractivity contribution is 0.154. The number of nitrogens with two attached hydrogens (primary N) is 1. The Hall–Kier alpha value is -1.89. The number of aromatic nitrogens is 2. The zero-order valence-corrected chi connectivity index (χ0v) is 10.00. The van der Waals surface area contributed by atoms with Gasteiger partial charge < -0.3 is 20.6 Å². The third-order valence-electron chi connectivity index (χ3n) is 2.22. The summed E-state index contributed by atoms with van der Waals surface area (Å²) in [6.07, 6.45) is 1.49. The monoisotopic (exact) mass is 239 g/mol. The topological polar surface area (TPSA) is 96.9 Å². The first-order valence-corrected chi connectivity index (χ1v) is 5.29. The van der Waals surface area contributed by atoms with Crippen molar-refractivity contribution in [1.82, 2.24) is 10.2 Å². The van der Waals surface area contributed by atoms with E-state index in [9.17, 15) is 0 Å². The van der Waals surface area contributed by atoms with Gasteiger partial charge in [0.25, 0.3) is 0 Å². The van der Waals surface area contributed by atoms with Crippen molar-refractivity contribution in [3.8, 4) is 0 Å². The Labute approximate surface area is 99.9 Å². The number of ether oxygens (including phenoxy) is 1. The fourth-order valence-electron chi connectivity index (χ4n) is 1.31. The molecule has 1 heterocycles. The van der Waals surface area contributed by atoms with Crippen LogP contribution in [0.4, 0.5) is 5.82 Å². The summed E-state index contributed by atoms with van der Waals surface area (Å²) in [6, 6.07) is 1.65. The predicted molar refractivity (Wildman–Crippen MR) is 64.3 cm³/mol. The molecule has 0 aliphatic rings. The van der Waals surface area contributed by atoms with Gasteiger partial charge in [-0.1, -0.05) is 5.16 Å². The van der Waals surface area contributed by atoms with Crippen LogP contribution in [0.1, 0.15) is 12.5 Å². The summed E-state index contributed by atoms with van der Waals surface area (Å²) in [4.78, 5) is 1.84. The predicted octanol–water partition coefficient (Wildman–Crippen LogP) is 0.0438. The van der Waals surface area contributed by atoms with E-state index < -0.39 is 0 Å². The second kappa shape index (κ2) is 6.64. The second-order valence-corrected chi connectivity index (χ2v) is 3.37. The molecular weight excluding hydrogens is 222 g/mol. The van der Waals surface area contributed by atoms with Gasteiger partial charge in [-0.25, -0.2) is 0 Å². The molecule has 0 aliphatic heterocycles. The molecule has 0 unspecified atom stereocenters. The van der Waals surface area contributed by atoms with Crippen molar-refractivity contribution in [3.63, 3.8) is 0 Å². The molecule has 0 radical (unpaired) electrons. The Kier molecular flexibility index (Phi) is 5.15. The SMILES string of the molecule is CCOCCN(C)c1nnccc1/C(N)=N/O. The van der Waals surface area contributed by atoms with Crippen LogP contribution >= 0.6 is 0 Å². The van der Waals surface area contributed by atoms with E-state index in [1.807, 2.05) is 18.9 Å². The molecule has 0 fully saturated rings. The molecule has 1 aromatic heterocycles. The number of nitrogens with zero attached hydrogens (tertiary/aromatic N) is 4. The first kappa shape index (κ1) is 13.2. The average Bonchev–Trinajstić information content (AvgIpc) is 2.38. The van der Waals surface area contributed by atoms with Crippen LogP contribution in [0.5, 0.6) is 0 Å². The highest BCUT2D eigenvalue weighted by Gasteiger charge is 2.12. The zero-order valence-electron chi connectivity index (χ0n) is 10.00. The molecule has 1 rings (SSSR count). The lowest BCUT2D eigenvalue weighted by atomic mass is 10.2. The standard InChI is InChI=1S/C10H17N5O2/c1-3-17-7-6-15(2)10-8(9(11)14-16)4-5-12-13-10/h4-5,16H,3,6-7H2,1-2H3,(H2,11,14). The second-order valence-electron chi connectivity index (χ2n) is 3.37. The van der Waals surface area contributed by atoms with Crippen molar-refractivity contribution in [3.05, 3.63) is 17.8 Å². The normalized spacial score (nSPS) is 11.5. The molecule has 0 amide bonds.